The molecule has 0 saturated carbocycles. The summed E-state index contributed by atoms with van der Waals surface area (Å²) in [6.45, 7) is 0.206. The largest absolute Gasteiger partial charge is 0.419 e. The van der Waals surface area contributed by atoms with Gasteiger partial charge in [0.25, 0.3) is 5.56 Å². The van der Waals surface area contributed by atoms with Crippen LogP contribution < -0.4 is 5.56 Å². The molecule has 0 spiro atoms. The Morgan fingerprint density at radius 1 is 1.14 bits per heavy atom. The van der Waals surface area contributed by atoms with E-state index in [4.69, 9.17) is 27.6 Å². The van der Waals surface area contributed by atoms with Gasteiger partial charge in [-0.2, -0.15) is 0 Å². The second-order valence-corrected chi connectivity index (χ2v) is 5.14. The van der Waals surface area contributed by atoms with E-state index in [2.05, 4.69) is 10.2 Å². The standard InChI is InChI=1S/C14H9Cl2N3O2/c15-9-4-5-10(11(16)7-9)14-18-17-12(21-14)8-19-6-2-1-3-13(19)20/h1-7H,8H2. The van der Waals surface area contributed by atoms with E-state index in [1.54, 1.807) is 36.5 Å². The van der Waals surface area contributed by atoms with Gasteiger partial charge in [0.05, 0.1) is 10.6 Å². The molecular formula is C14H9Cl2N3O2. The number of halogens is 2. The van der Waals surface area contributed by atoms with Gasteiger partial charge < -0.3 is 8.98 Å². The van der Waals surface area contributed by atoms with Gasteiger partial charge in [0.15, 0.2) is 0 Å². The van der Waals surface area contributed by atoms with Gasteiger partial charge in [0, 0.05) is 17.3 Å². The zero-order valence-electron chi connectivity index (χ0n) is 10.7. The maximum absolute atomic E-state index is 11.6. The summed E-state index contributed by atoms with van der Waals surface area (Å²) in [5.74, 6) is 0.611. The normalized spacial score (nSPS) is 10.8. The molecule has 0 aliphatic rings. The average molecular weight is 322 g/mol. The van der Waals surface area contributed by atoms with Crippen molar-refractivity contribution in [3.8, 4) is 11.5 Å². The Labute approximate surface area is 129 Å². The molecule has 1 aromatic carbocycles. The number of nitrogens with zero attached hydrogens (tertiary/aromatic N) is 3. The van der Waals surface area contributed by atoms with Gasteiger partial charge in [-0.25, -0.2) is 0 Å². The Morgan fingerprint density at radius 2 is 2.00 bits per heavy atom. The van der Waals surface area contributed by atoms with Crippen molar-refractivity contribution in [1.82, 2.24) is 14.8 Å². The quantitative estimate of drug-likeness (QED) is 0.742. The Balaban J connectivity index is 1.90. The van der Waals surface area contributed by atoms with Crippen molar-refractivity contribution in [3.63, 3.8) is 0 Å². The van der Waals surface area contributed by atoms with Crippen LogP contribution >= 0.6 is 23.2 Å². The Morgan fingerprint density at radius 3 is 2.76 bits per heavy atom. The molecule has 7 heteroatoms. The summed E-state index contributed by atoms with van der Waals surface area (Å²) in [6.07, 6.45) is 1.65. The molecule has 0 N–H and O–H groups in total. The van der Waals surface area contributed by atoms with Crippen molar-refractivity contribution in [2.75, 3.05) is 0 Å². The summed E-state index contributed by atoms with van der Waals surface area (Å²) >= 11 is 11.9. The smallest absolute Gasteiger partial charge is 0.250 e. The van der Waals surface area contributed by atoms with Crippen molar-refractivity contribution in [2.24, 2.45) is 0 Å². The molecular weight excluding hydrogens is 313 g/mol. The van der Waals surface area contributed by atoms with E-state index in [-0.39, 0.29) is 18.0 Å². The lowest BCUT2D eigenvalue weighted by Gasteiger charge is -2.00. The topological polar surface area (TPSA) is 60.9 Å². The van der Waals surface area contributed by atoms with Crippen molar-refractivity contribution < 1.29 is 4.42 Å². The fourth-order valence-corrected chi connectivity index (χ4v) is 2.32. The first kappa shape index (κ1) is 13.9. The molecule has 21 heavy (non-hydrogen) atoms. The van der Waals surface area contributed by atoms with Crippen LogP contribution in [0.3, 0.4) is 0 Å². The maximum Gasteiger partial charge on any atom is 0.250 e. The van der Waals surface area contributed by atoms with Crippen molar-refractivity contribution in [2.45, 2.75) is 6.54 Å². The third-order valence-corrected chi connectivity index (χ3v) is 3.38. The van der Waals surface area contributed by atoms with Gasteiger partial charge in [-0.3, -0.25) is 4.79 Å². The monoisotopic (exact) mass is 321 g/mol. The molecule has 3 rings (SSSR count). The number of hydrogen-bond acceptors (Lipinski definition) is 4. The summed E-state index contributed by atoms with van der Waals surface area (Å²) in [5, 5.41) is 8.82. The highest BCUT2D eigenvalue weighted by molar-refractivity contribution is 6.36. The number of rotatable bonds is 3. The molecule has 106 valence electrons. The lowest BCUT2D eigenvalue weighted by Crippen LogP contribution is -2.18. The highest BCUT2D eigenvalue weighted by atomic mass is 35.5. The van der Waals surface area contributed by atoms with Crippen LogP contribution in [0.25, 0.3) is 11.5 Å². The molecule has 5 nitrogen and oxygen atoms in total. The first-order valence-corrected chi connectivity index (χ1v) is 6.82. The van der Waals surface area contributed by atoms with Crippen LogP contribution in [0, 0.1) is 0 Å². The fraction of sp³-hybridized carbons (Fsp3) is 0.0714. The molecule has 0 saturated heterocycles. The molecule has 2 aromatic heterocycles. The van der Waals surface area contributed by atoms with Crippen LogP contribution in [0.2, 0.25) is 10.0 Å². The molecule has 0 aliphatic carbocycles. The van der Waals surface area contributed by atoms with Crippen molar-refractivity contribution >= 4 is 23.2 Å². The summed E-state index contributed by atoms with van der Waals surface area (Å²) in [7, 11) is 0. The summed E-state index contributed by atoms with van der Waals surface area (Å²) in [6, 6.07) is 9.89. The van der Waals surface area contributed by atoms with E-state index in [9.17, 15) is 4.79 Å². The van der Waals surface area contributed by atoms with Crippen LogP contribution in [0.15, 0.2) is 51.8 Å². The third kappa shape index (κ3) is 2.99. The van der Waals surface area contributed by atoms with Gasteiger partial charge in [0.2, 0.25) is 11.8 Å². The van der Waals surface area contributed by atoms with Gasteiger partial charge in [-0.15, -0.1) is 10.2 Å². The van der Waals surface area contributed by atoms with Gasteiger partial charge in [-0.05, 0) is 24.3 Å². The number of pyridine rings is 1. The van der Waals surface area contributed by atoms with Crippen LogP contribution in [0.1, 0.15) is 5.89 Å². The molecule has 0 unspecified atom stereocenters. The van der Waals surface area contributed by atoms with Gasteiger partial charge in [-0.1, -0.05) is 29.3 Å². The van der Waals surface area contributed by atoms with E-state index < -0.39 is 0 Å². The van der Waals surface area contributed by atoms with Crippen LogP contribution in [-0.4, -0.2) is 14.8 Å². The molecule has 0 atom stereocenters. The summed E-state index contributed by atoms with van der Waals surface area (Å²) in [5.41, 5.74) is 0.460. The minimum Gasteiger partial charge on any atom is -0.419 e. The van der Waals surface area contributed by atoms with Gasteiger partial charge >= 0.3 is 0 Å². The summed E-state index contributed by atoms with van der Waals surface area (Å²) in [4.78, 5) is 11.6. The van der Waals surface area contributed by atoms with Gasteiger partial charge in [0.1, 0.15) is 6.54 Å². The molecule has 2 heterocycles. The molecule has 3 aromatic rings. The second kappa shape index (κ2) is 5.71. The lowest BCUT2D eigenvalue weighted by atomic mass is 10.2. The SMILES string of the molecule is O=c1ccccn1Cc1nnc(-c2ccc(Cl)cc2Cl)o1. The first-order chi connectivity index (χ1) is 10.1. The van der Waals surface area contributed by atoms with Crippen molar-refractivity contribution in [3.05, 3.63) is 68.9 Å². The van der Waals surface area contributed by atoms with Crippen molar-refractivity contribution in [1.29, 1.82) is 0 Å². The Kier molecular flexibility index (Phi) is 3.77. The highest BCUT2D eigenvalue weighted by Crippen LogP contribution is 2.29. The fourth-order valence-electron chi connectivity index (χ4n) is 1.83. The Bertz CT molecular complexity index is 842. The zero-order valence-corrected chi connectivity index (χ0v) is 12.2. The Hall–Kier alpha value is -2.11. The van der Waals surface area contributed by atoms with E-state index in [1.165, 1.54) is 10.6 Å². The van der Waals surface area contributed by atoms with Crippen LogP contribution in [0.4, 0.5) is 0 Å². The number of hydrogen-bond donors (Lipinski definition) is 0. The van der Waals surface area contributed by atoms with E-state index >= 15 is 0 Å². The average Bonchev–Trinajstić information content (AvgIpc) is 2.90. The number of benzene rings is 1. The summed E-state index contributed by atoms with van der Waals surface area (Å²) < 4.78 is 7.01. The molecule has 0 radical (unpaired) electrons. The molecule has 0 fully saturated rings. The second-order valence-electron chi connectivity index (χ2n) is 4.29. The van der Waals surface area contributed by atoms with E-state index in [1.807, 2.05) is 0 Å². The lowest BCUT2D eigenvalue weighted by molar-refractivity contribution is 0.484. The predicted octanol–water partition coefficient (Wildman–Crippen LogP) is 3.25. The minimum absolute atomic E-state index is 0.137. The minimum atomic E-state index is -0.137. The number of aromatic nitrogens is 3. The zero-order chi connectivity index (χ0) is 14.8. The highest BCUT2D eigenvalue weighted by Gasteiger charge is 2.12. The first-order valence-electron chi connectivity index (χ1n) is 6.07. The predicted molar refractivity (Wildman–Crippen MR) is 79.6 cm³/mol. The molecule has 0 aliphatic heterocycles. The van der Waals surface area contributed by atoms with E-state index in [0.717, 1.165) is 0 Å². The van der Waals surface area contributed by atoms with Crippen LogP contribution in [0.5, 0.6) is 0 Å². The van der Waals surface area contributed by atoms with E-state index in [0.29, 0.717) is 21.5 Å². The molecule has 0 bridgehead atoms. The third-order valence-electron chi connectivity index (χ3n) is 2.83. The molecule has 0 amide bonds. The maximum atomic E-state index is 11.6. The van der Waals surface area contributed by atoms with Crippen LogP contribution in [-0.2, 0) is 6.54 Å².